The van der Waals surface area contributed by atoms with Crippen LogP contribution in [-0.2, 0) is 22.6 Å². The zero-order valence-electron chi connectivity index (χ0n) is 17.9. The number of ether oxygens (including phenoxy) is 1. The first-order chi connectivity index (χ1) is 15.9. The first-order valence-electron chi connectivity index (χ1n) is 10.7. The molecule has 1 aromatic heterocycles. The lowest BCUT2D eigenvalue weighted by Gasteiger charge is -2.25. The third-order valence-corrected chi connectivity index (χ3v) is 6.02. The van der Waals surface area contributed by atoms with Gasteiger partial charge in [0.2, 0.25) is 0 Å². The maximum atomic E-state index is 13.2. The van der Waals surface area contributed by atoms with E-state index in [9.17, 15) is 19.8 Å². The average molecular weight is 442 g/mol. The van der Waals surface area contributed by atoms with E-state index in [0.29, 0.717) is 17.5 Å². The number of phenols is 1. The largest absolute Gasteiger partial charge is 0.508 e. The molecule has 0 spiro atoms. The number of likely N-dealkylation sites (tertiary alicyclic amines) is 1. The van der Waals surface area contributed by atoms with Gasteiger partial charge in [0.15, 0.2) is 0 Å². The van der Waals surface area contributed by atoms with Crippen molar-refractivity contribution in [2.24, 2.45) is 0 Å². The topological polar surface area (TPSA) is 100.0 Å². The van der Waals surface area contributed by atoms with Gasteiger partial charge in [-0.1, -0.05) is 12.1 Å². The molecule has 0 aliphatic carbocycles. The van der Waals surface area contributed by atoms with Gasteiger partial charge < -0.3 is 19.8 Å². The Hall–Kier alpha value is -4.13. The molecule has 166 valence electrons. The van der Waals surface area contributed by atoms with Crippen molar-refractivity contribution in [2.45, 2.75) is 32.0 Å². The Balaban J connectivity index is 1.62. The van der Waals surface area contributed by atoms with E-state index >= 15 is 0 Å². The second-order valence-corrected chi connectivity index (χ2v) is 8.33. The molecule has 3 aromatic rings. The van der Waals surface area contributed by atoms with Crippen LogP contribution < -0.4 is 4.74 Å². The van der Waals surface area contributed by atoms with Gasteiger partial charge in [0, 0.05) is 30.9 Å². The number of hydrogen-bond donors (Lipinski definition) is 2. The summed E-state index contributed by atoms with van der Waals surface area (Å²) in [6, 6.07) is 14.3. The fourth-order valence-electron chi connectivity index (χ4n) is 4.46. The third kappa shape index (κ3) is 3.71. The minimum Gasteiger partial charge on any atom is -0.508 e. The summed E-state index contributed by atoms with van der Waals surface area (Å²) < 4.78 is 5.73. The summed E-state index contributed by atoms with van der Waals surface area (Å²) >= 11 is 0. The van der Waals surface area contributed by atoms with Gasteiger partial charge in [0.1, 0.15) is 23.4 Å². The van der Waals surface area contributed by atoms with Crippen LogP contribution in [0.15, 0.2) is 72.6 Å². The highest BCUT2D eigenvalue weighted by Gasteiger charge is 2.46. The summed E-state index contributed by atoms with van der Waals surface area (Å²) in [6.45, 7) is 2.14. The van der Waals surface area contributed by atoms with Gasteiger partial charge in [-0.15, -0.1) is 0 Å². The summed E-state index contributed by atoms with van der Waals surface area (Å²) in [7, 11) is 0. The third-order valence-electron chi connectivity index (χ3n) is 6.02. The standard InChI is InChI=1S/C26H22N2O5/c1-15-12-19-13-18(4-7-21(19)33-15)24(30)22-23(17-2-5-20(29)6-3-17)28(26(32)25(22)31)14-16-8-10-27-11-9-16/h2-11,13,15,23,29-30H,12,14H2,1H3/b24-22+. The van der Waals surface area contributed by atoms with Crippen molar-refractivity contribution in [1.82, 2.24) is 9.88 Å². The Morgan fingerprint density at radius 3 is 2.55 bits per heavy atom. The van der Waals surface area contributed by atoms with Crippen LogP contribution in [-0.4, -0.2) is 37.9 Å². The molecule has 2 atom stereocenters. The smallest absolute Gasteiger partial charge is 0.295 e. The quantitative estimate of drug-likeness (QED) is 0.363. The number of phenolic OH excluding ortho intramolecular Hbond substituents is 1. The van der Waals surface area contributed by atoms with E-state index < -0.39 is 17.7 Å². The molecular formula is C26H22N2O5. The van der Waals surface area contributed by atoms with Gasteiger partial charge in [0.05, 0.1) is 11.6 Å². The Kier molecular flexibility index (Phi) is 5.09. The number of nitrogens with zero attached hydrogens (tertiary/aromatic N) is 2. The molecule has 2 N–H and O–H groups in total. The molecule has 7 nitrogen and oxygen atoms in total. The molecule has 2 aromatic carbocycles. The number of aliphatic hydroxyl groups excluding tert-OH is 1. The van der Waals surface area contributed by atoms with E-state index in [1.807, 2.05) is 6.92 Å². The molecular weight excluding hydrogens is 420 g/mol. The zero-order chi connectivity index (χ0) is 23.1. The summed E-state index contributed by atoms with van der Waals surface area (Å²) in [5.74, 6) is -0.842. The summed E-state index contributed by atoms with van der Waals surface area (Å²) in [5, 5.41) is 21.0. The van der Waals surface area contributed by atoms with Crippen molar-refractivity contribution >= 4 is 17.4 Å². The van der Waals surface area contributed by atoms with Crippen LogP contribution in [0.1, 0.15) is 35.2 Å². The number of carbonyl (C=O) groups excluding carboxylic acids is 2. The van der Waals surface area contributed by atoms with Gasteiger partial charge in [-0.2, -0.15) is 0 Å². The minimum absolute atomic E-state index is 0.0201. The van der Waals surface area contributed by atoms with E-state index in [1.54, 1.807) is 54.9 Å². The first kappa shape index (κ1) is 20.8. The molecule has 0 bridgehead atoms. The van der Waals surface area contributed by atoms with Crippen molar-refractivity contribution in [3.63, 3.8) is 0 Å². The maximum absolute atomic E-state index is 13.2. The highest BCUT2D eigenvalue weighted by Crippen LogP contribution is 2.41. The molecule has 1 fully saturated rings. The number of aromatic hydroxyl groups is 1. The van der Waals surface area contributed by atoms with Crippen LogP contribution in [0.5, 0.6) is 11.5 Å². The molecule has 2 unspecified atom stereocenters. The van der Waals surface area contributed by atoms with E-state index in [2.05, 4.69) is 4.98 Å². The van der Waals surface area contributed by atoms with Crippen molar-refractivity contribution in [1.29, 1.82) is 0 Å². The second kappa shape index (κ2) is 8.09. The lowest BCUT2D eigenvalue weighted by atomic mass is 9.94. The van der Waals surface area contributed by atoms with Crippen LogP contribution in [0.25, 0.3) is 5.76 Å². The number of aromatic nitrogens is 1. The molecule has 1 saturated heterocycles. The van der Waals surface area contributed by atoms with Crippen LogP contribution >= 0.6 is 0 Å². The molecule has 7 heteroatoms. The number of amides is 1. The van der Waals surface area contributed by atoms with Crippen molar-refractivity contribution in [2.75, 3.05) is 0 Å². The maximum Gasteiger partial charge on any atom is 0.295 e. The van der Waals surface area contributed by atoms with Crippen LogP contribution in [0.4, 0.5) is 0 Å². The van der Waals surface area contributed by atoms with Gasteiger partial charge in [-0.3, -0.25) is 14.6 Å². The predicted molar refractivity (Wildman–Crippen MR) is 120 cm³/mol. The van der Waals surface area contributed by atoms with E-state index in [4.69, 9.17) is 4.74 Å². The molecule has 3 heterocycles. The van der Waals surface area contributed by atoms with E-state index in [-0.39, 0.29) is 29.7 Å². The molecule has 2 aliphatic rings. The number of pyridine rings is 1. The van der Waals surface area contributed by atoms with E-state index in [1.165, 1.54) is 17.0 Å². The number of aliphatic hydroxyl groups is 1. The van der Waals surface area contributed by atoms with Gasteiger partial charge in [-0.05, 0) is 66.1 Å². The number of hydrogen-bond acceptors (Lipinski definition) is 6. The summed E-state index contributed by atoms with van der Waals surface area (Å²) in [6.07, 6.45) is 3.98. The fourth-order valence-corrected chi connectivity index (χ4v) is 4.46. The predicted octanol–water partition coefficient (Wildman–Crippen LogP) is 3.73. The Bertz CT molecular complexity index is 1270. The second-order valence-electron chi connectivity index (χ2n) is 8.33. The number of carbonyl (C=O) groups is 2. The number of benzene rings is 2. The number of Topliss-reactive ketones (excluding diaryl/α,β-unsaturated/α-hetero) is 1. The number of ketones is 1. The van der Waals surface area contributed by atoms with Crippen LogP contribution in [0.3, 0.4) is 0 Å². The first-order valence-corrected chi connectivity index (χ1v) is 10.7. The summed E-state index contributed by atoms with van der Waals surface area (Å²) in [5.41, 5.74) is 2.84. The molecule has 33 heavy (non-hydrogen) atoms. The van der Waals surface area contributed by atoms with Crippen LogP contribution in [0.2, 0.25) is 0 Å². The highest BCUT2D eigenvalue weighted by atomic mass is 16.5. The van der Waals surface area contributed by atoms with Crippen molar-refractivity contribution < 1.29 is 24.5 Å². The lowest BCUT2D eigenvalue weighted by molar-refractivity contribution is -0.140. The SMILES string of the molecule is CC1Cc2cc(/C(O)=C3\C(=O)C(=O)N(Cc4ccncc4)C3c3ccc(O)cc3)ccc2O1. The summed E-state index contributed by atoms with van der Waals surface area (Å²) in [4.78, 5) is 31.7. The highest BCUT2D eigenvalue weighted by molar-refractivity contribution is 6.46. The number of fused-ring (bicyclic) bond motifs is 1. The Morgan fingerprint density at radius 1 is 1.09 bits per heavy atom. The average Bonchev–Trinajstić information content (AvgIpc) is 3.31. The van der Waals surface area contributed by atoms with Gasteiger partial charge >= 0.3 is 0 Å². The van der Waals surface area contributed by atoms with Crippen LogP contribution in [0, 0.1) is 0 Å². The minimum atomic E-state index is -0.804. The van der Waals surface area contributed by atoms with E-state index in [0.717, 1.165) is 16.9 Å². The van der Waals surface area contributed by atoms with Gasteiger partial charge in [-0.25, -0.2) is 0 Å². The molecule has 5 rings (SSSR count). The van der Waals surface area contributed by atoms with Crippen molar-refractivity contribution in [3.05, 3.63) is 94.8 Å². The molecule has 0 saturated carbocycles. The lowest BCUT2D eigenvalue weighted by Crippen LogP contribution is -2.29. The Morgan fingerprint density at radius 2 is 1.82 bits per heavy atom. The van der Waals surface area contributed by atoms with Gasteiger partial charge in [0.25, 0.3) is 11.7 Å². The zero-order valence-corrected chi connectivity index (χ0v) is 17.9. The fraction of sp³-hybridized carbons (Fsp3) is 0.192. The van der Waals surface area contributed by atoms with Crippen molar-refractivity contribution in [3.8, 4) is 11.5 Å². The Labute approximate surface area is 190 Å². The molecule has 1 amide bonds. The molecule has 0 radical (unpaired) electrons. The number of rotatable bonds is 4. The molecule has 2 aliphatic heterocycles. The normalized spacial score (nSPS) is 21.2. The monoisotopic (exact) mass is 442 g/mol.